The zero-order valence-electron chi connectivity index (χ0n) is 13.8. The molecule has 0 aliphatic heterocycles. The standard InChI is InChI=1S/C19H14N4OS2/c20-9-11-23(12-10-21)18(24)15-7-5-14(6-8-15)13-25-19-22-16-3-1-2-4-17(16)26-19/h1-8H,11-13H2. The summed E-state index contributed by atoms with van der Waals surface area (Å²) in [6.07, 6.45) is 0. The zero-order chi connectivity index (χ0) is 18.4. The van der Waals surface area contributed by atoms with E-state index in [4.69, 9.17) is 10.5 Å². The van der Waals surface area contributed by atoms with Gasteiger partial charge in [-0.05, 0) is 29.8 Å². The van der Waals surface area contributed by atoms with E-state index in [9.17, 15) is 4.79 Å². The molecule has 0 bridgehead atoms. The Hall–Kier alpha value is -2.87. The molecule has 0 unspecified atom stereocenters. The third-order valence-electron chi connectivity index (χ3n) is 3.65. The molecule has 1 amide bonds. The molecule has 0 spiro atoms. The normalized spacial score (nSPS) is 10.2. The average Bonchev–Trinajstić information content (AvgIpc) is 3.09. The number of nitrogens with zero attached hydrogens (tertiary/aromatic N) is 4. The Morgan fingerprint density at radius 3 is 2.42 bits per heavy atom. The number of rotatable bonds is 6. The Labute approximate surface area is 159 Å². The van der Waals surface area contributed by atoms with Crippen LogP contribution in [-0.4, -0.2) is 28.9 Å². The first kappa shape index (κ1) is 17.9. The second-order valence-electron chi connectivity index (χ2n) is 5.41. The van der Waals surface area contributed by atoms with Crippen LogP contribution in [0.15, 0.2) is 52.9 Å². The van der Waals surface area contributed by atoms with Crippen molar-refractivity contribution < 1.29 is 4.79 Å². The van der Waals surface area contributed by atoms with Crippen molar-refractivity contribution >= 4 is 39.2 Å². The molecule has 0 saturated heterocycles. The lowest BCUT2D eigenvalue weighted by atomic mass is 10.1. The molecule has 0 N–H and O–H groups in total. The molecule has 3 rings (SSSR count). The lowest BCUT2D eigenvalue weighted by Gasteiger charge is -2.15. The van der Waals surface area contributed by atoms with Gasteiger partial charge in [0.15, 0.2) is 4.34 Å². The van der Waals surface area contributed by atoms with Gasteiger partial charge in [0, 0.05) is 11.3 Å². The van der Waals surface area contributed by atoms with Gasteiger partial charge in [-0.2, -0.15) is 10.5 Å². The first-order chi connectivity index (χ1) is 12.7. The van der Waals surface area contributed by atoms with Gasteiger partial charge in [0.05, 0.1) is 22.4 Å². The molecule has 26 heavy (non-hydrogen) atoms. The van der Waals surface area contributed by atoms with Crippen molar-refractivity contribution in [2.45, 2.75) is 10.1 Å². The van der Waals surface area contributed by atoms with Gasteiger partial charge >= 0.3 is 0 Å². The van der Waals surface area contributed by atoms with Gasteiger partial charge in [-0.3, -0.25) is 4.79 Å². The number of para-hydroxylation sites is 1. The van der Waals surface area contributed by atoms with E-state index in [0.29, 0.717) is 5.56 Å². The van der Waals surface area contributed by atoms with Gasteiger partial charge in [-0.1, -0.05) is 36.0 Å². The highest BCUT2D eigenvalue weighted by Gasteiger charge is 2.15. The summed E-state index contributed by atoms with van der Waals surface area (Å²) in [6.45, 7) is -0.191. The minimum Gasteiger partial charge on any atom is -0.312 e. The fraction of sp³-hybridized carbons (Fsp3) is 0.158. The van der Waals surface area contributed by atoms with Crippen LogP contribution < -0.4 is 0 Å². The first-order valence-electron chi connectivity index (χ1n) is 7.82. The van der Waals surface area contributed by atoms with E-state index < -0.39 is 0 Å². The number of amides is 1. The maximum Gasteiger partial charge on any atom is 0.255 e. The van der Waals surface area contributed by atoms with E-state index >= 15 is 0 Å². The third kappa shape index (κ3) is 4.20. The van der Waals surface area contributed by atoms with E-state index in [1.165, 1.54) is 9.60 Å². The van der Waals surface area contributed by atoms with Crippen molar-refractivity contribution in [3.8, 4) is 12.1 Å². The number of fused-ring (bicyclic) bond motifs is 1. The van der Waals surface area contributed by atoms with Crippen LogP contribution in [0.4, 0.5) is 0 Å². The van der Waals surface area contributed by atoms with E-state index in [0.717, 1.165) is 21.2 Å². The van der Waals surface area contributed by atoms with Crippen molar-refractivity contribution in [3.05, 3.63) is 59.7 Å². The van der Waals surface area contributed by atoms with Gasteiger partial charge < -0.3 is 4.90 Å². The van der Waals surface area contributed by atoms with Crippen LogP contribution in [0.25, 0.3) is 10.2 Å². The summed E-state index contributed by atoms with van der Waals surface area (Å²) in [7, 11) is 0. The molecule has 0 radical (unpaired) electrons. The number of hydrogen-bond donors (Lipinski definition) is 0. The lowest BCUT2D eigenvalue weighted by molar-refractivity contribution is 0.0794. The van der Waals surface area contributed by atoms with Gasteiger partial charge in [0.25, 0.3) is 5.91 Å². The molecule has 1 heterocycles. The molecular formula is C19H14N4OS2. The number of carbonyl (C=O) groups excluding carboxylic acids is 1. The molecular weight excluding hydrogens is 364 g/mol. The number of carbonyl (C=O) groups is 1. The van der Waals surface area contributed by atoms with Gasteiger partial charge in [0.1, 0.15) is 13.1 Å². The molecule has 0 atom stereocenters. The highest BCUT2D eigenvalue weighted by molar-refractivity contribution is 8.00. The third-order valence-corrected chi connectivity index (χ3v) is 5.90. The van der Waals surface area contributed by atoms with Crippen LogP contribution in [0, 0.1) is 22.7 Å². The molecule has 0 aliphatic rings. The number of thioether (sulfide) groups is 1. The van der Waals surface area contributed by atoms with Gasteiger partial charge in [0.2, 0.25) is 0 Å². The van der Waals surface area contributed by atoms with Crippen molar-refractivity contribution in [1.82, 2.24) is 9.88 Å². The summed E-state index contributed by atoms with van der Waals surface area (Å²) in [5, 5.41) is 17.5. The summed E-state index contributed by atoms with van der Waals surface area (Å²) >= 11 is 3.33. The summed E-state index contributed by atoms with van der Waals surface area (Å²) in [6, 6.07) is 19.1. The minimum atomic E-state index is -0.307. The van der Waals surface area contributed by atoms with Crippen molar-refractivity contribution in [1.29, 1.82) is 10.5 Å². The van der Waals surface area contributed by atoms with Crippen molar-refractivity contribution in [2.24, 2.45) is 0 Å². The van der Waals surface area contributed by atoms with Crippen molar-refractivity contribution in [2.75, 3.05) is 13.1 Å². The zero-order valence-corrected chi connectivity index (χ0v) is 15.4. The van der Waals surface area contributed by atoms with E-state index in [-0.39, 0.29) is 19.0 Å². The number of aromatic nitrogens is 1. The lowest BCUT2D eigenvalue weighted by Crippen LogP contribution is -2.31. The quantitative estimate of drug-likeness (QED) is 0.477. The monoisotopic (exact) mass is 378 g/mol. The highest BCUT2D eigenvalue weighted by Crippen LogP contribution is 2.31. The first-order valence-corrected chi connectivity index (χ1v) is 9.62. The SMILES string of the molecule is N#CCN(CC#N)C(=O)c1ccc(CSc2nc3ccccc3s2)cc1. The Morgan fingerprint density at radius 1 is 1.08 bits per heavy atom. The molecule has 2 aromatic carbocycles. The Kier molecular flexibility index (Phi) is 5.85. The molecule has 0 saturated carbocycles. The average molecular weight is 378 g/mol. The summed E-state index contributed by atoms with van der Waals surface area (Å²) in [5.74, 6) is 0.451. The Balaban J connectivity index is 1.64. The second-order valence-corrected chi connectivity index (χ2v) is 7.66. The smallest absolute Gasteiger partial charge is 0.255 e. The maximum atomic E-state index is 12.3. The predicted molar refractivity (Wildman–Crippen MR) is 103 cm³/mol. The summed E-state index contributed by atoms with van der Waals surface area (Å²) < 4.78 is 2.19. The van der Waals surface area contributed by atoms with Crippen LogP contribution in [0.2, 0.25) is 0 Å². The largest absolute Gasteiger partial charge is 0.312 e. The Bertz CT molecular complexity index is 950. The Morgan fingerprint density at radius 2 is 1.77 bits per heavy atom. The van der Waals surface area contributed by atoms with Gasteiger partial charge in [-0.15, -0.1) is 11.3 Å². The molecule has 5 nitrogen and oxygen atoms in total. The molecule has 0 fully saturated rings. The van der Waals surface area contributed by atoms with Crippen molar-refractivity contribution in [3.63, 3.8) is 0 Å². The van der Waals surface area contributed by atoms with E-state index in [2.05, 4.69) is 11.1 Å². The number of thiazole rings is 1. The molecule has 3 aromatic rings. The maximum absolute atomic E-state index is 12.3. The van der Waals surface area contributed by atoms with E-state index in [1.807, 2.05) is 42.5 Å². The molecule has 1 aromatic heterocycles. The molecule has 128 valence electrons. The number of nitriles is 2. The van der Waals surface area contributed by atoms with Crippen LogP contribution in [0.5, 0.6) is 0 Å². The summed E-state index contributed by atoms with van der Waals surface area (Å²) in [4.78, 5) is 18.1. The van der Waals surface area contributed by atoms with Crippen LogP contribution in [0.1, 0.15) is 15.9 Å². The summed E-state index contributed by atoms with van der Waals surface area (Å²) in [5.41, 5.74) is 2.57. The van der Waals surface area contributed by atoms with Crippen LogP contribution >= 0.6 is 23.1 Å². The van der Waals surface area contributed by atoms with Crippen LogP contribution in [0.3, 0.4) is 0 Å². The second kappa shape index (κ2) is 8.48. The molecule has 7 heteroatoms. The predicted octanol–water partition coefficient (Wildman–Crippen LogP) is 4.08. The minimum absolute atomic E-state index is 0.0956. The fourth-order valence-corrected chi connectivity index (χ4v) is 4.38. The highest BCUT2D eigenvalue weighted by atomic mass is 32.2. The fourth-order valence-electron chi connectivity index (χ4n) is 2.35. The molecule has 0 aliphatic carbocycles. The van der Waals surface area contributed by atoms with Crippen LogP contribution in [-0.2, 0) is 5.75 Å². The number of benzene rings is 2. The topological polar surface area (TPSA) is 80.8 Å². The van der Waals surface area contributed by atoms with E-state index in [1.54, 1.807) is 35.2 Å². The van der Waals surface area contributed by atoms with Gasteiger partial charge in [-0.25, -0.2) is 4.98 Å². The number of hydrogen-bond acceptors (Lipinski definition) is 6.